The molecule has 20 heavy (non-hydrogen) atoms. The second-order valence-electron chi connectivity index (χ2n) is 4.82. The van der Waals surface area contributed by atoms with E-state index in [-0.39, 0.29) is 0 Å². The number of nitrogens with zero attached hydrogens (tertiary/aromatic N) is 2. The molecule has 1 fully saturated rings. The van der Waals surface area contributed by atoms with Crippen molar-refractivity contribution in [2.45, 2.75) is 0 Å². The van der Waals surface area contributed by atoms with Gasteiger partial charge in [-0.25, -0.2) is 0 Å². The van der Waals surface area contributed by atoms with Crippen LogP contribution in [0.15, 0.2) is 18.2 Å². The van der Waals surface area contributed by atoms with E-state index in [2.05, 4.69) is 22.2 Å². The summed E-state index contributed by atoms with van der Waals surface area (Å²) in [5.41, 5.74) is 0.880. The van der Waals surface area contributed by atoms with Crippen LogP contribution in [0.3, 0.4) is 0 Å². The molecular weight excluding hydrogens is 274 g/mol. The van der Waals surface area contributed by atoms with Gasteiger partial charge in [-0.15, -0.1) is 0 Å². The fourth-order valence-electron chi connectivity index (χ4n) is 2.09. The minimum Gasteiger partial charge on any atom is -0.497 e. The standard InChI is InChI=1S/C14H21N3O2S/c1-16-4-6-17(7-5-16)14(20)15-11-8-12(18-2)10-13(9-11)19-3/h8-10H,4-7H2,1-3H3,(H,15,20). The van der Waals surface area contributed by atoms with Crippen molar-refractivity contribution in [3.63, 3.8) is 0 Å². The van der Waals surface area contributed by atoms with E-state index < -0.39 is 0 Å². The Hall–Kier alpha value is -1.53. The highest BCUT2D eigenvalue weighted by atomic mass is 32.1. The Balaban J connectivity index is 2.03. The van der Waals surface area contributed by atoms with Gasteiger partial charge in [-0.1, -0.05) is 0 Å². The van der Waals surface area contributed by atoms with Gasteiger partial charge >= 0.3 is 0 Å². The van der Waals surface area contributed by atoms with Gasteiger partial charge in [-0.05, 0) is 19.3 Å². The molecule has 110 valence electrons. The van der Waals surface area contributed by atoms with Crippen molar-refractivity contribution in [1.82, 2.24) is 9.80 Å². The molecule has 0 aliphatic carbocycles. The fraction of sp³-hybridized carbons (Fsp3) is 0.500. The van der Waals surface area contributed by atoms with E-state index in [1.165, 1.54) is 0 Å². The molecule has 0 amide bonds. The van der Waals surface area contributed by atoms with Crippen LogP contribution >= 0.6 is 12.2 Å². The van der Waals surface area contributed by atoms with Crippen molar-refractivity contribution in [2.75, 3.05) is 52.8 Å². The van der Waals surface area contributed by atoms with Gasteiger partial charge in [0, 0.05) is 50.1 Å². The van der Waals surface area contributed by atoms with Crippen LogP contribution in [0.4, 0.5) is 5.69 Å². The number of ether oxygens (including phenoxy) is 2. The van der Waals surface area contributed by atoms with E-state index in [1.807, 2.05) is 18.2 Å². The summed E-state index contributed by atoms with van der Waals surface area (Å²) in [6.45, 7) is 3.96. The molecule has 1 aliphatic rings. The Morgan fingerprint density at radius 2 is 1.60 bits per heavy atom. The van der Waals surface area contributed by atoms with Crippen LogP contribution in [-0.2, 0) is 0 Å². The van der Waals surface area contributed by atoms with Gasteiger partial charge in [0.2, 0.25) is 0 Å². The lowest BCUT2D eigenvalue weighted by atomic mass is 10.2. The highest BCUT2D eigenvalue weighted by Gasteiger charge is 2.16. The molecule has 2 rings (SSSR count). The number of nitrogens with one attached hydrogen (secondary N) is 1. The summed E-state index contributed by atoms with van der Waals surface area (Å²) in [6.07, 6.45) is 0. The van der Waals surface area contributed by atoms with Crippen molar-refractivity contribution >= 4 is 23.0 Å². The Morgan fingerprint density at radius 1 is 1.05 bits per heavy atom. The van der Waals surface area contributed by atoms with Crippen molar-refractivity contribution in [3.8, 4) is 11.5 Å². The molecule has 0 saturated carbocycles. The number of rotatable bonds is 3. The van der Waals surface area contributed by atoms with Gasteiger partial charge in [-0.3, -0.25) is 0 Å². The average Bonchev–Trinajstić information content (AvgIpc) is 2.47. The first-order chi connectivity index (χ1) is 9.62. The number of likely N-dealkylation sites (N-methyl/N-ethyl adjacent to an activating group) is 1. The first-order valence-corrected chi connectivity index (χ1v) is 7.00. The Labute approximate surface area is 125 Å². The minimum absolute atomic E-state index is 0.744. The highest BCUT2D eigenvalue weighted by molar-refractivity contribution is 7.80. The highest BCUT2D eigenvalue weighted by Crippen LogP contribution is 2.26. The van der Waals surface area contributed by atoms with Gasteiger partial charge in [0.15, 0.2) is 5.11 Å². The minimum atomic E-state index is 0.744. The second kappa shape index (κ2) is 6.76. The third kappa shape index (κ3) is 3.74. The van der Waals surface area contributed by atoms with Crippen LogP contribution in [0.2, 0.25) is 0 Å². The smallest absolute Gasteiger partial charge is 0.173 e. The van der Waals surface area contributed by atoms with Crippen LogP contribution in [0, 0.1) is 0 Å². The zero-order valence-corrected chi connectivity index (χ0v) is 13.0. The Bertz CT molecular complexity index is 451. The number of piperazine rings is 1. The third-order valence-electron chi connectivity index (χ3n) is 3.39. The second-order valence-corrected chi connectivity index (χ2v) is 5.21. The Morgan fingerprint density at radius 3 is 2.10 bits per heavy atom. The lowest BCUT2D eigenvalue weighted by Crippen LogP contribution is -2.48. The van der Waals surface area contributed by atoms with Crippen molar-refractivity contribution < 1.29 is 9.47 Å². The zero-order chi connectivity index (χ0) is 14.5. The quantitative estimate of drug-likeness (QED) is 0.855. The molecule has 0 atom stereocenters. The molecule has 6 heteroatoms. The van der Waals surface area contributed by atoms with Gasteiger partial charge < -0.3 is 24.6 Å². The van der Waals surface area contributed by atoms with Crippen molar-refractivity contribution in [1.29, 1.82) is 0 Å². The van der Waals surface area contributed by atoms with Gasteiger partial charge in [0.1, 0.15) is 11.5 Å². The Kier molecular flexibility index (Phi) is 5.03. The van der Waals surface area contributed by atoms with E-state index in [4.69, 9.17) is 21.7 Å². The maximum atomic E-state index is 5.47. The summed E-state index contributed by atoms with van der Waals surface area (Å²) in [7, 11) is 5.40. The molecule has 0 bridgehead atoms. The fourth-order valence-corrected chi connectivity index (χ4v) is 2.39. The summed E-state index contributed by atoms with van der Waals surface area (Å²) in [6, 6.07) is 5.65. The molecule has 1 aliphatic heterocycles. The molecular formula is C14H21N3O2S. The molecule has 1 heterocycles. The molecule has 1 saturated heterocycles. The predicted octanol–water partition coefficient (Wildman–Crippen LogP) is 1.65. The zero-order valence-electron chi connectivity index (χ0n) is 12.2. The van der Waals surface area contributed by atoms with E-state index in [9.17, 15) is 0 Å². The molecule has 1 aromatic carbocycles. The maximum absolute atomic E-state index is 5.47. The number of hydrogen-bond donors (Lipinski definition) is 1. The molecule has 0 spiro atoms. The number of hydrogen-bond acceptors (Lipinski definition) is 4. The predicted molar refractivity (Wildman–Crippen MR) is 84.8 cm³/mol. The van der Waals surface area contributed by atoms with Crippen LogP contribution in [0.25, 0.3) is 0 Å². The van der Waals surface area contributed by atoms with Crippen LogP contribution in [0.5, 0.6) is 11.5 Å². The number of thiocarbonyl (C=S) groups is 1. The monoisotopic (exact) mass is 295 g/mol. The van der Waals surface area contributed by atoms with E-state index in [1.54, 1.807) is 14.2 Å². The summed E-state index contributed by atoms with van der Waals surface area (Å²) < 4.78 is 10.5. The summed E-state index contributed by atoms with van der Waals surface area (Å²) in [5.74, 6) is 1.49. The molecule has 1 aromatic rings. The maximum Gasteiger partial charge on any atom is 0.173 e. The SMILES string of the molecule is COc1cc(NC(=S)N2CCN(C)CC2)cc(OC)c1. The van der Waals surface area contributed by atoms with Crippen LogP contribution in [-0.4, -0.2) is 62.4 Å². The number of methoxy groups -OCH3 is 2. The van der Waals surface area contributed by atoms with E-state index in [0.29, 0.717) is 0 Å². The normalized spacial score (nSPS) is 15.8. The summed E-state index contributed by atoms with van der Waals surface area (Å²) in [4.78, 5) is 4.48. The lowest BCUT2D eigenvalue weighted by molar-refractivity contribution is 0.217. The summed E-state index contributed by atoms with van der Waals surface area (Å²) in [5, 5.41) is 4.00. The number of anilines is 1. The molecule has 0 aromatic heterocycles. The number of benzene rings is 1. The van der Waals surface area contributed by atoms with E-state index in [0.717, 1.165) is 48.5 Å². The first-order valence-electron chi connectivity index (χ1n) is 6.60. The topological polar surface area (TPSA) is 37.0 Å². The molecule has 1 N–H and O–H groups in total. The van der Waals surface area contributed by atoms with Crippen molar-refractivity contribution in [3.05, 3.63) is 18.2 Å². The first kappa shape index (κ1) is 14.9. The van der Waals surface area contributed by atoms with Crippen molar-refractivity contribution in [2.24, 2.45) is 0 Å². The van der Waals surface area contributed by atoms with Crippen LogP contribution in [0.1, 0.15) is 0 Å². The van der Waals surface area contributed by atoms with E-state index >= 15 is 0 Å². The lowest BCUT2D eigenvalue weighted by Gasteiger charge is -2.34. The molecule has 0 unspecified atom stereocenters. The van der Waals surface area contributed by atoms with Crippen LogP contribution < -0.4 is 14.8 Å². The molecule has 0 radical (unpaired) electrons. The largest absolute Gasteiger partial charge is 0.497 e. The van der Waals surface area contributed by atoms with Gasteiger partial charge in [-0.2, -0.15) is 0 Å². The molecule has 5 nitrogen and oxygen atoms in total. The van der Waals surface area contributed by atoms with Gasteiger partial charge in [0.05, 0.1) is 14.2 Å². The third-order valence-corrected chi connectivity index (χ3v) is 3.75. The average molecular weight is 295 g/mol. The summed E-state index contributed by atoms with van der Waals surface area (Å²) >= 11 is 5.47. The van der Waals surface area contributed by atoms with Gasteiger partial charge in [0.25, 0.3) is 0 Å².